The smallest absolute Gasteiger partial charge is 0.203 e. The highest BCUT2D eigenvalue weighted by Crippen LogP contribution is 2.53. The molecule has 0 amide bonds. The molecular weight excluding hydrogens is 400 g/mol. The van der Waals surface area contributed by atoms with Crippen molar-refractivity contribution in [3.05, 3.63) is 35.4 Å². The Morgan fingerprint density at radius 3 is 1.03 bits per heavy atom. The Balaban J connectivity index is 2.01. The van der Waals surface area contributed by atoms with E-state index in [9.17, 15) is 0 Å². The van der Waals surface area contributed by atoms with Gasteiger partial charge in [-0.25, -0.2) is 0 Å². The van der Waals surface area contributed by atoms with Crippen molar-refractivity contribution in [2.75, 3.05) is 42.7 Å². The first-order valence-corrected chi connectivity index (χ1v) is 10.2. The maximum atomic E-state index is 6.60. The van der Waals surface area contributed by atoms with Crippen molar-refractivity contribution in [2.45, 2.75) is 26.1 Å². The van der Waals surface area contributed by atoms with Crippen LogP contribution in [0.4, 0.5) is 0 Å². The predicted molar refractivity (Wildman–Crippen MR) is 117 cm³/mol. The van der Waals surface area contributed by atoms with Gasteiger partial charge in [-0.3, -0.25) is 0 Å². The average Bonchev–Trinajstić information content (AvgIpc) is 3.11. The predicted octanol–water partition coefficient (Wildman–Crippen LogP) is 4.82. The summed E-state index contributed by atoms with van der Waals surface area (Å²) in [6.45, 7) is 4.38. The Morgan fingerprint density at radius 1 is 0.516 bits per heavy atom. The van der Waals surface area contributed by atoms with Gasteiger partial charge in [-0.2, -0.15) is 0 Å². The summed E-state index contributed by atoms with van der Waals surface area (Å²) in [5.74, 6) is 4.04. The van der Waals surface area contributed by atoms with Crippen molar-refractivity contribution < 1.29 is 33.2 Å². The van der Waals surface area contributed by atoms with E-state index in [0.29, 0.717) is 34.5 Å². The number of hydrogen-bond acceptors (Lipinski definition) is 7. The first kappa shape index (κ1) is 22.9. The third kappa shape index (κ3) is 4.06. The van der Waals surface area contributed by atoms with Gasteiger partial charge in [0.2, 0.25) is 11.5 Å². The lowest BCUT2D eigenvalue weighted by Gasteiger charge is -2.20. The van der Waals surface area contributed by atoms with Gasteiger partial charge in [0.25, 0.3) is 0 Å². The van der Waals surface area contributed by atoms with Crippen LogP contribution in [0, 0.1) is 11.8 Å². The van der Waals surface area contributed by atoms with Crippen molar-refractivity contribution in [3.63, 3.8) is 0 Å². The van der Waals surface area contributed by atoms with E-state index >= 15 is 0 Å². The van der Waals surface area contributed by atoms with Crippen LogP contribution in [0.3, 0.4) is 0 Å². The van der Waals surface area contributed by atoms with Gasteiger partial charge in [0, 0.05) is 0 Å². The van der Waals surface area contributed by atoms with E-state index in [1.54, 1.807) is 42.7 Å². The van der Waals surface area contributed by atoms with Crippen LogP contribution >= 0.6 is 0 Å². The topological polar surface area (TPSA) is 64.6 Å². The molecule has 1 saturated heterocycles. The number of rotatable bonds is 8. The molecule has 1 aliphatic rings. The third-order valence-corrected chi connectivity index (χ3v) is 6.11. The van der Waals surface area contributed by atoms with Gasteiger partial charge in [0.05, 0.1) is 54.9 Å². The summed E-state index contributed by atoms with van der Waals surface area (Å²) in [7, 11) is 9.64. The summed E-state index contributed by atoms with van der Waals surface area (Å²) in [6, 6.07) is 7.80. The van der Waals surface area contributed by atoms with E-state index < -0.39 is 0 Å². The maximum Gasteiger partial charge on any atom is 0.203 e. The minimum atomic E-state index is -0.146. The second-order valence-electron chi connectivity index (χ2n) is 7.61. The summed E-state index contributed by atoms with van der Waals surface area (Å²) >= 11 is 0. The summed E-state index contributed by atoms with van der Waals surface area (Å²) < 4.78 is 39.6. The van der Waals surface area contributed by atoms with Crippen LogP contribution in [0.2, 0.25) is 0 Å². The number of benzene rings is 2. The molecule has 0 N–H and O–H groups in total. The lowest BCUT2D eigenvalue weighted by atomic mass is 9.85. The van der Waals surface area contributed by atoms with E-state index in [-0.39, 0.29) is 24.0 Å². The summed E-state index contributed by atoms with van der Waals surface area (Å²) in [5.41, 5.74) is 1.95. The molecule has 170 valence electrons. The summed E-state index contributed by atoms with van der Waals surface area (Å²) in [5, 5.41) is 0. The van der Waals surface area contributed by atoms with Gasteiger partial charge in [-0.05, 0) is 47.2 Å². The van der Waals surface area contributed by atoms with Gasteiger partial charge in [0.15, 0.2) is 23.0 Å². The molecule has 2 aromatic rings. The zero-order chi connectivity index (χ0) is 22.7. The molecule has 31 heavy (non-hydrogen) atoms. The highest BCUT2D eigenvalue weighted by atomic mass is 16.5. The van der Waals surface area contributed by atoms with Crippen molar-refractivity contribution in [1.29, 1.82) is 0 Å². The van der Waals surface area contributed by atoms with Crippen molar-refractivity contribution >= 4 is 0 Å². The fraction of sp³-hybridized carbons (Fsp3) is 0.500. The van der Waals surface area contributed by atoms with E-state index in [2.05, 4.69) is 13.8 Å². The quantitative estimate of drug-likeness (QED) is 0.592. The second kappa shape index (κ2) is 9.56. The summed E-state index contributed by atoms with van der Waals surface area (Å²) in [6.07, 6.45) is -0.291. The van der Waals surface area contributed by atoms with Crippen LogP contribution in [0.25, 0.3) is 0 Å². The SMILES string of the molecule is COc1cc([C@H]2O[C@H](c3cc(OC)c(OC)c(OC)c3)[C@@H](C)[C@@H]2C)cc(OC)c1OC. The molecule has 0 unspecified atom stereocenters. The molecule has 2 aromatic carbocycles. The van der Waals surface area contributed by atoms with Crippen LogP contribution in [0.1, 0.15) is 37.2 Å². The maximum absolute atomic E-state index is 6.60. The first-order chi connectivity index (χ1) is 14.9. The lowest BCUT2D eigenvalue weighted by Crippen LogP contribution is -2.10. The Kier molecular flexibility index (Phi) is 7.05. The van der Waals surface area contributed by atoms with E-state index in [1.165, 1.54) is 0 Å². The molecule has 0 bridgehead atoms. The molecule has 7 nitrogen and oxygen atoms in total. The second-order valence-corrected chi connectivity index (χ2v) is 7.61. The Hall–Kier alpha value is -2.80. The number of ether oxygens (including phenoxy) is 7. The van der Waals surface area contributed by atoms with Gasteiger partial charge >= 0.3 is 0 Å². The fourth-order valence-corrected chi connectivity index (χ4v) is 4.25. The Bertz CT molecular complexity index is 787. The Labute approximate surface area is 184 Å². The molecule has 0 radical (unpaired) electrons. The van der Waals surface area contributed by atoms with Crippen molar-refractivity contribution in [3.8, 4) is 34.5 Å². The standard InChI is InChI=1S/C24H32O7/c1-13-14(2)22(16-11-19(27-5)24(30-8)20(12-16)28-6)31-21(13)15-9-17(25-3)23(29-7)18(10-15)26-4/h9-14,21-22H,1-8H3/t13-,14-,21-,22-/m0/s1. The fourth-order valence-electron chi connectivity index (χ4n) is 4.25. The van der Waals surface area contributed by atoms with E-state index in [1.807, 2.05) is 24.3 Å². The monoisotopic (exact) mass is 432 g/mol. The molecule has 1 heterocycles. The van der Waals surface area contributed by atoms with Crippen LogP contribution in [-0.2, 0) is 4.74 Å². The zero-order valence-corrected chi connectivity index (χ0v) is 19.5. The molecule has 3 rings (SSSR count). The molecule has 0 saturated carbocycles. The zero-order valence-electron chi connectivity index (χ0n) is 19.5. The lowest BCUT2D eigenvalue weighted by molar-refractivity contribution is 0.0285. The first-order valence-electron chi connectivity index (χ1n) is 10.2. The third-order valence-electron chi connectivity index (χ3n) is 6.11. The van der Waals surface area contributed by atoms with Crippen LogP contribution in [0.15, 0.2) is 24.3 Å². The molecule has 1 fully saturated rings. The van der Waals surface area contributed by atoms with Crippen LogP contribution < -0.4 is 28.4 Å². The van der Waals surface area contributed by atoms with Gasteiger partial charge in [0.1, 0.15) is 0 Å². The largest absolute Gasteiger partial charge is 0.493 e. The molecule has 1 aliphatic heterocycles. The minimum Gasteiger partial charge on any atom is -0.493 e. The van der Waals surface area contributed by atoms with Crippen LogP contribution in [0.5, 0.6) is 34.5 Å². The number of hydrogen-bond donors (Lipinski definition) is 0. The summed E-state index contributed by atoms with van der Waals surface area (Å²) in [4.78, 5) is 0. The number of methoxy groups -OCH3 is 6. The Morgan fingerprint density at radius 2 is 0.806 bits per heavy atom. The van der Waals surface area contributed by atoms with Gasteiger partial charge in [-0.15, -0.1) is 0 Å². The van der Waals surface area contributed by atoms with Gasteiger partial charge in [-0.1, -0.05) is 13.8 Å². The molecule has 0 aliphatic carbocycles. The van der Waals surface area contributed by atoms with Gasteiger partial charge < -0.3 is 33.2 Å². The van der Waals surface area contributed by atoms with Crippen LogP contribution in [-0.4, -0.2) is 42.7 Å². The molecule has 0 spiro atoms. The molecule has 4 atom stereocenters. The highest BCUT2D eigenvalue weighted by molar-refractivity contribution is 5.56. The van der Waals surface area contributed by atoms with E-state index in [4.69, 9.17) is 33.2 Å². The molecular formula is C24H32O7. The molecule has 7 heteroatoms. The highest BCUT2D eigenvalue weighted by Gasteiger charge is 2.41. The van der Waals surface area contributed by atoms with Crippen molar-refractivity contribution in [2.24, 2.45) is 11.8 Å². The molecule has 0 aromatic heterocycles. The van der Waals surface area contributed by atoms with Crippen molar-refractivity contribution in [1.82, 2.24) is 0 Å². The average molecular weight is 433 g/mol. The normalized spacial score (nSPS) is 22.7. The minimum absolute atomic E-state index is 0.146. The van der Waals surface area contributed by atoms with E-state index in [0.717, 1.165) is 11.1 Å².